The third-order valence-corrected chi connectivity index (χ3v) is 3.90. The maximum absolute atomic E-state index is 11.9. The van der Waals surface area contributed by atoms with Crippen molar-refractivity contribution in [3.05, 3.63) is 5.82 Å². The van der Waals surface area contributed by atoms with Gasteiger partial charge < -0.3 is 14.8 Å². The zero-order valence-electron chi connectivity index (χ0n) is 11.8. The van der Waals surface area contributed by atoms with Gasteiger partial charge in [0.15, 0.2) is 5.82 Å². The Morgan fingerprint density at radius 2 is 2.45 bits per heavy atom. The molecule has 1 aromatic rings. The molecule has 0 aliphatic carbocycles. The summed E-state index contributed by atoms with van der Waals surface area (Å²) in [6.45, 7) is 5.48. The van der Waals surface area contributed by atoms with E-state index in [1.807, 2.05) is 13.8 Å². The molecule has 1 N–H and O–H groups in total. The molecule has 2 aliphatic rings. The summed E-state index contributed by atoms with van der Waals surface area (Å²) in [6, 6.07) is -0.0621. The van der Waals surface area contributed by atoms with Crippen LogP contribution in [-0.2, 0) is 14.3 Å². The lowest BCUT2D eigenvalue weighted by molar-refractivity contribution is -0.149. The van der Waals surface area contributed by atoms with Gasteiger partial charge in [0.25, 0.3) is 0 Å². The Hall–Kier alpha value is -1.63. The first kappa shape index (κ1) is 13.4. The summed E-state index contributed by atoms with van der Waals surface area (Å²) in [5.74, 6) is 0.999. The standard InChI is InChI=1S/C13H20N4O3/c1-3-19-12(18)9-7-14-13-15-11(10-5-4-6-20-10)16-17(13)8(9)2/h8-10H,3-7H2,1-2H3,(H,14,15,16). The summed E-state index contributed by atoms with van der Waals surface area (Å²) < 4.78 is 12.5. The number of carbonyl (C=O) groups is 1. The fourth-order valence-electron chi connectivity index (χ4n) is 2.73. The minimum atomic E-state index is -0.235. The number of rotatable bonds is 3. The van der Waals surface area contributed by atoms with Crippen LogP contribution in [-0.4, -0.2) is 40.5 Å². The van der Waals surface area contributed by atoms with Crippen molar-refractivity contribution in [1.82, 2.24) is 14.8 Å². The number of hydrogen-bond acceptors (Lipinski definition) is 6. The van der Waals surface area contributed by atoms with E-state index in [1.54, 1.807) is 4.68 Å². The molecule has 20 heavy (non-hydrogen) atoms. The molecule has 0 amide bonds. The summed E-state index contributed by atoms with van der Waals surface area (Å²) in [4.78, 5) is 16.4. The summed E-state index contributed by atoms with van der Waals surface area (Å²) in [7, 11) is 0. The lowest BCUT2D eigenvalue weighted by Crippen LogP contribution is -2.37. The van der Waals surface area contributed by atoms with Gasteiger partial charge in [-0.1, -0.05) is 0 Å². The molecule has 0 spiro atoms. The molecule has 0 aromatic carbocycles. The fraction of sp³-hybridized carbons (Fsp3) is 0.769. The van der Waals surface area contributed by atoms with Crippen LogP contribution in [0.5, 0.6) is 0 Å². The lowest BCUT2D eigenvalue weighted by Gasteiger charge is -2.28. The smallest absolute Gasteiger partial charge is 0.312 e. The zero-order chi connectivity index (χ0) is 14.1. The topological polar surface area (TPSA) is 78.3 Å². The number of carbonyl (C=O) groups excluding carboxylic acids is 1. The molecule has 1 fully saturated rings. The van der Waals surface area contributed by atoms with E-state index in [-0.39, 0.29) is 24.0 Å². The minimum Gasteiger partial charge on any atom is -0.466 e. The third kappa shape index (κ3) is 2.26. The number of nitrogens with one attached hydrogen (secondary N) is 1. The predicted octanol–water partition coefficient (Wildman–Crippen LogP) is 1.30. The Morgan fingerprint density at radius 3 is 3.15 bits per heavy atom. The van der Waals surface area contributed by atoms with Gasteiger partial charge in [0.05, 0.1) is 18.6 Å². The molecule has 0 bridgehead atoms. The number of anilines is 1. The van der Waals surface area contributed by atoms with Crippen molar-refractivity contribution in [1.29, 1.82) is 0 Å². The van der Waals surface area contributed by atoms with Crippen molar-refractivity contribution >= 4 is 11.9 Å². The number of nitrogens with zero attached hydrogens (tertiary/aromatic N) is 3. The molecule has 3 atom stereocenters. The van der Waals surface area contributed by atoms with E-state index >= 15 is 0 Å². The van der Waals surface area contributed by atoms with E-state index < -0.39 is 0 Å². The molecule has 3 rings (SSSR count). The van der Waals surface area contributed by atoms with Gasteiger partial charge in [-0.05, 0) is 26.7 Å². The van der Waals surface area contributed by atoms with Crippen LogP contribution in [0.4, 0.5) is 5.95 Å². The first-order valence-corrected chi connectivity index (χ1v) is 7.19. The average molecular weight is 280 g/mol. The minimum absolute atomic E-state index is 0.0110. The summed E-state index contributed by atoms with van der Waals surface area (Å²) in [5.41, 5.74) is 0. The Balaban J connectivity index is 1.80. The predicted molar refractivity (Wildman–Crippen MR) is 71.3 cm³/mol. The normalized spacial score (nSPS) is 28.8. The third-order valence-electron chi connectivity index (χ3n) is 3.90. The summed E-state index contributed by atoms with van der Waals surface area (Å²) >= 11 is 0. The second kappa shape index (κ2) is 5.40. The average Bonchev–Trinajstić information content (AvgIpc) is 3.08. The second-order valence-corrected chi connectivity index (χ2v) is 5.22. The summed E-state index contributed by atoms with van der Waals surface area (Å²) in [5, 5.41) is 7.68. The highest BCUT2D eigenvalue weighted by molar-refractivity contribution is 5.74. The van der Waals surface area contributed by atoms with E-state index in [2.05, 4.69) is 15.4 Å². The van der Waals surface area contributed by atoms with Crippen LogP contribution in [0.3, 0.4) is 0 Å². The zero-order valence-corrected chi connectivity index (χ0v) is 11.8. The lowest BCUT2D eigenvalue weighted by atomic mass is 10.0. The van der Waals surface area contributed by atoms with Gasteiger partial charge in [0.1, 0.15) is 6.10 Å². The van der Waals surface area contributed by atoms with Crippen molar-refractivity contribution < 1.29 is 14.3 Å². The van der Waals surface area contributed by atoms with Gasteiger partial charge in [-0.2, -0.15) is 10.1 Å². The Kier molecular flexibility index (Phi) is 3.60. The van der Waals surface area contributed by atoms with Gasteiger partial charge in [0, 0.05) is 13.2 Å². The Labute approximate surface area is 117 Å². The van der Waals surface area contributed by atoms with Gasteiger partial charge in [-0.15, -0.1) is 0 Å². The highest BCUT2D eigenvalue weighted by Gasteiger charge is 2.35. The molecule has 0 radical (unpaired) electrons. The molecule has 3 heterocycles. The van der Waals surface area contributed by atoms with E-state index in [0.29, 0.717) is 24.9 Å². The Bertz CT molecular complexity index is 496. The van der Waals surface area contributed by atoms with Crippen LogP contribution in [0, 0.1) is 5.92 Å². The van der Waals surface area contributed by atoms with Crippen molar-refractivity contribution in [2.24, 2.45) is 5.92 Å². The van der Waals surface area contributed by atoms with Gasteiger partial charge in [-0.25, -0.2) is 4.68 Å². The van der Waals surface area contributed by atoms with Crippen LogP contribution < -0.4 is 5.32 Å². The number of hydrogen-bond donors (Lipinski definition) is 1. The molecule has 3 unspecified atom stereocenters. The van der Waals surface area contributed by atoms with Crippen molar-refractivity contribution in [3.63, 3.8) is 0 Å². The van der Waals surface area contributed by atoms with Crippen molar-refractivity contribution in [2.45, 2.75) is 38.8 Å². The first-order valence-electron chi connectivity index (χ1n) is 7.19. The fourth-order valence-corrected chi connectivity index (χ4v) is 2.73. The van der Waals surface area contributed by atoms with Crippen LogP contribution in [0.15, 0.2) is 0 Å². The number of esters is 1. The van der Waals surface area contributed by atoms with Crippen LogP contribution in [0.2, 0.25) is 0 Å². The van der Waals surface area contributed by atoms with Gasteiger partial charge in [0.2, 0.25) is 5.95 Å². The summed E-state index contributed by atoms with van der Waals surface area (Å²) in [6.07, 6.45) is 1.99. The SMILES string of the molecule is CCOC(=O)C1CNc2nc(C3CCCO3)nn2C1C. The monoisotopic (exact) mass is 280 g/mol. The van der Waals surface area contributed by atoms with Crippen LogP contribution in [0.1, 0.15) is 44.7 Å². The first-order chi connectivity index (χ1) is 9.70. The molecule has 0 saturated carbocycles. The van der Waals surface area contributed by atoms with Gasteiger partial charge in [-0.3, -0.25) is 4.79 Å². The largest absolute Gasteiger partial charge is 0.466 e. The quantitative estimate of drug-likeness (QED) is 0.841. The van der Waals surface area contributed by atoms with E-state index in [0.717, 1.165) is 19.4 Å². The molecule has 7 heteroatoms. The number of ether oxygens (including phenoxy) is 2. The highest BCUT2D eigenvalue weighted by Crippen LogP contribution is 2.31. The van der Waals surface area contributed by atoms with E-state index in [9.17, 15) is 4.79 Å². The molecule has 110 valence electrons. The van der Waals surface area contributed by atoms with Crippen LogP contribution >= 0.6 is 0 Å². The van der Waals surface area contributed by atoms with Gasteiger partial charge >= 0.3 is 5.97 Å². The maximum Gasteiger partial charge on any atom is 0.312 e. The highest BCUT2D eigenvalue weighted by atomic mass is 16.5. The second-order valence-electron chi connectivity index (χ2n) is 5.22. The molecule has 7 nitrogen and oxygen atoms in total. The van der Waals surface area contributed by atoms with E-state index in [4.69, 9.17) is 9.47 Å². The molecule has 2 aliphatic heterocycles. The molecule has 1 saturated heterocycles. The number of aromatic nitrogens is 3. The Morgan fingerprint density at radius 1 is 1.60 bits per heavy atom. The molecular formula is C13H20N4O3. The van der Waals surface area contributed by atoms with Crippen molar-refractivity contribution in [3.8, 4) is 0 Å². The maximum atomic E-state index is 11.9. The number of fused-ring (bicyclic) bond motifs is 1. The van der Waals surface area contributed by atoms with Crippen molar-refractivity contribution in [2.75, 3.05) is 25.1 Å². The molecule has 1 aromatic heterocycles. The van der Waals surface area contributed by atoms with E-state index in [1.165, 1.54) is 0 Å². The van der Waals surface area contributed by atoms with Crippen LogP contribution in [0.25, 0.3) is 0 Å². The molecular weight excluding hydrogens is 260 g/mol.